The van der Waals surface area contributed by atoms with Crippen LogP contribution in [0.15, 0.2) is 22.6 Å². The van der Waals surface area contributed by atoms with E-state index in [0.717, 1.165) is 11.1 Å². The van der Waals surface area contributed by atoms with E-state index in [1.807, 2.05) is 18.2 Å². The fourth-order valence-electron chi connectivity index (χ4n) is 2.74. The molecule has 4 nitrogen and oxygen atoms in total. The summed E-state index contributed by atoms with van der Waals surface area (Å²) >= 11 is 0. The highest BCUT2D eigenvalue weighted by Crippen LogP contribution is 2.32. The van der Waals surface area contributed by atoms with Crippen LogP contribution in [-0.4, -0.2) is 10.5 Å². The predicted molar refractivity (Wildman–Crippen MR) is 73.5 cm³/mol. The van der Waals surface area contributed by atoms with E-state index in [9.17, 15) is 0 Å². The average molecular weight is 245 g/mol. The number of aromatic nitrogens is 1. The van der Waals surface area contributed by atoms with Crippen LogP contribution in [0, 0.1) is 0 Å². The van der Waals surface area contributed by atoms with Crippen LogP contribution in [0.3, 0.4) is 0 Å². The molecule has 4 heteroatoms. The van der Waals surface area contributed by atoms with Gasteiger partial charge < -0.3 is 15.5 Å². The SMILES string of the molecule is CC1(Nc2nc3c(N)cccc3o2)CCCCC1. The molecule has 1 aromatic carbocycles. The number of hydrogen-bond donors (Lipinski definition) is 2. The van der Waals surface area contributed by atoms with Crippen LogP contribution in [0.4, 0.5) is 11.7 Å². The second-order valence-electron chi connectivity index (χ2n) is 5.46. The van der Waals surface area contributed by atoms with E-state index >= 15 is 0 Å². The van der Waals surface area contributed by atoms with Crippen molar-refractivity contribution in [2.24, 2.45) is 0 Å². The summed E-state index contributed by atoms with van der Waals surface area (Å²) in [7, 11) is 0. The molecule has 1 heterocycles. The molecule has 1 aromatic heterocycles. The van der Waals surface area contributed by atoms with Crippen LogP contribution in [0.2, 0.25) is 0 Å². The van der Waals surface area contributed by atoms with Crippen LogP contribution in [0.25, 0.3) is 11.1 Å². The Hall–Kier alpha value is -1.71. The van der Waals surface area contributed by atoms with E-state index in [4.69, 9.17) is 10.2 Å². The predicted octanol–water partition coefficient (Wildman–Crippen LogP) is 3.54. The van der Waals surface area contributed by atoms with E-state index in [1.165, 1.54) is 32.1 Å². The molecule has 18 heavy (non-hydrogen) atoms. The van der Waals surface area contributed by atoms with Gasteiger partial charge in [0.1, 0.15) is 5.52 Å². The van der Waals surface area contributed by atoms with Crippen LogP contribution in [-0.2, 0) is 0 Å². The van der Waals surface area contributed by atoms with Gasteiger partial charge in [-0.3, -0.25) is 0 Å². The fourth-order valence-corrected chi connectivity index (χ4v) is 2.74. The number of nitrogens with two attached hydrogens (primary N) is 1. The van der Waals surface area contributed by atoms with Gasteiger partial charge in [0.05, 0.1) is 5.69 Å². The molecule has 3 rings (SSSR count). The number of hydrogen-bond acceptors (Lipinski definition) is 4. The van der Waals surface area contributed by atoms with Crippen LogP contribution in [0.1, 0.15) is 39.0 Å². The van der Waals surface area contributed by atoms with Gasteiger partial charge in [0.15, 0.2) is 5.58 Å². The Kier molecular flexibility index (Phi) is 2.65. The largest absolute Gasteiger partial charge is 0.423 e. The molecule has 1 fully saturated rings. The second kappa shape index (κ2) is 4.19. The van der Waals surface area contributed by atoms with E-state index < -0.39 is 0 Å². The molecule has 0 saturated heterocycles. The van der Waals surface area contributed by atoms with Gasteiger partial charge in [-0.15, -0.1) is 0 Å². The number of nitrogen functional groups attached to an aromatic ring is 1. The first kappa shape index (κ1) is 11.4. The van der Waals surface area contributed by atoms with Crippen LogP contribution >= 0.6 is 0 Å². The van der Waals surface area contributed by atoms with Crippen molar-refractivity contribution in [1.82, 2.24) is 4.98 Å². The van der Waals surface area contributed by atoms with Crippen molar-refractivity contribution in [2.75, 3.05) is 11.1 Å². The maximum Gasteiger partial charge on any atom is 0.296 e. The zero-order valence-electron chi connectivity index (χ0n) is 10.7. The van der Waals surface area contributed by atoms with Crippen LogP contribution < -0.4 is 11.1 Å². The molecule has 0 unspecified atom stereocenters. The molecule has 0 radical (unpaired) electrons. The van der Waals surface area contributed by atoms with E-state index in [1.54, 1.807) is 0 Å². The third-order valence-electron chi connectivity index (χ3n) is 3.82. The maximum absolute atomic E-state index is 5.89. The zero-order valence-corrected chi connectivity index (χ0v) is 10.7. The zero-order chi connectivity index (χ0) is 12.6. The minimum absolute atomic E-state index is 0.105. The summed E-state index contributed by atoms with van der Waals surface area (Å²) in [4.78, 5) is 4.45. The Labute approximate surface area is 107 Å². The number of anilines is 2. The van der Waals surface area contributed by atoms with E-state index in [2.05, 4.69) is 17.2 Å². The number of oxazole rings is 1. The highest BCUT2D eigenvalue weighted by atomic mass is 16.4. The lowest BCUT2D eigenvalue weighted by molar-refractivity contribution is 0.341. The fraction of sp³-hybridized carbons (Fsp3) is 0.500. The summed E-state index contributed by atoms with van der Waals surface area (Å²) in [5, 5.41) is 3.44. The smallest absolute Gasteiger partial charge is 0.296 e. The average Bonchev–Trinajstić information content (AvgIpc) is 2.73. The quantitative estimate of drug-likeness (QED) is 0.794. The van der Waals surface area contributed by atoms with Crippen molar-refractivity contribution < 1.29 is 4.42 Å². The highest BCUT2D eigenvalue weighted by Gasteiger charge is 2.28. The van der Waals surface area contributed by atoms with Crippen LogP contribution in [0.5, 0.6) is 0 Å². The Morgan fingerprint density at radius 1 is 1.28 bits per heavy atom. The molecule has 3 N–H and O–H groups in total. The minimum Gasteiger partial charge on any atom is -0.423 e. The molecule has 0 aliphatic heterocycles. The summed E-state index contributed by atoms with van der Waals surface area (Å²) in [5.74, 6) is 0. The van der Waals surface area contributed by atoms with Gasteiger partial charge in [-0.25, -0.2) is 0 Å². The summed E-state index contributed by atoms with van der Waals surface area (Å²) in [5.41, 5.74) is 8.15. The first-order valence-electron chi connectivity index (χ1n) is 6.60. The third-order valence-corrected chi connectivity index (χ3v) is 3.82. The Balaban J connectivity index is 1.88. The Morgan fingerprint density at radius 2 is 2.06 bits per heavy atom. The standard InChI is InChI=1S/C14H19N3O/c1-14(8-3-2-4-9-14)17-13-16-12-10(15)6-5-7-11(12)18-13/h5-7H,2-4,8-9,15H2,1H3,(H,16,17). The Morgan fingerprint density at radius 3 is 2.78 bits per heavy atom. The minimum atomic E-state index is 0.105. The molecule has 2 aromatic rings. The summed E-state index contributed by atoms with van der Waals surface area (Å²) in [6, 6.07) is 6.21. The normalized spacial score (nSPS) is 18.9. The summed E-state index contributed by atoms with van der Waals surface area (Å²) in [6.07, 6.45) is 6.21. The molecular formula is C14H19N3O. The van der Waals surface area contributed by atoms with Crippen molar-refractivity contribution >= 4 is 22.8 Å². The highest BCUT2D eigenvalue weighted by molar-refractivity contribution is 5.86. The van der Waals surface area contributed by atoms with Gasteiger partial charge in [-0.1, -0.05) is 25.3 Å². The van der Waals surface area contributed by atoms with E-state index in [0.29, 0.717) is 11.7 Å². The maximum atomic E-state index is 5.89. The van der Waals surface area contributed by atoms with Gasteiger partial charge >= 0.3 is 0 Å². The van der Waals surface area contributed by atoms with E-state index in [-0.39, 0.29) is 5.54 Å². The lowest BCUT2D eigenvalue weighted by Gasteiger charge is -2.33. The molecule has 1 aliphatic rings. The van der Waals surface area contributed by atoms with Crippen molar-refractivity contribution in [3.8, 4) is 0 Å². The third kappa shape index (κ3) is 2.03. The first-order chi connectivity index (χ1) is 8.66. The molecular weight excluding hydrogens is 226 g/mol. The lowest BCUT2D eigenvalue weighted by atomic mass is 9.83. The second-order valence-corrected chi connectivity index (χ2v) is 5.46. The first-order valence-corrected chi connectivity index (χ1v) is 6.60. The molecule has 1 saturated carbocycles. The summed E-state index contributed by atoms with van der Waals surface area (Å²) in [6.45, 7) is 2.24. The molecule has 0 spiro atoms. The number of para-hydroxylation sites is 1. The number of nitrogens with one attached hydrogen (secondary N) is 1. The number of rotatable bonds is 2. The van der Waals surface area contributed by atoms with Gasteiger partial charge in [-0.05, 0) is 31.9 Å². The number of benzene rings is 1. The molecule has 0 atom stereocenters. The monoisotopic (exact) mass is 245 g/mol. The van der Waals surface area contributed by atoms with Crippen molar-refractivity contribution in [2.45, 2.75) is 44.6 Å². The topological polar surface area (TPSA) is 64.1 Å². The number of nitrogens with zero attached hydrogens (tertiary/aromatic N) is 1. The number of fused-ring (bicyclic) bond motifs is 1. The van der Waals surface area contributed by atoms with Gasteiger partial charge in [0.25, 0.3) is 6.01 Å². The Bertz CT molecular complexity index is 555. The molecule has 96 valence electrons. The van der Waals surface area contributed by atoms with Gasteiger partial charge in [-0.2, -0.15) is 4.98 Å². The molecule has 1 aliphatic carbocycles. The van der Waals surface area contributed by atoms with Gasteiger partial charge in [0, 0.05) is 5.54 Å². The van der Waals surface area contributed by atoms with Crippen molar-refractivity contribution in [1.29, 1.82) is 0 Å². The molecule has 0 bridgehead atoms. The molecule has 0 amide bonds. The van der Waals surface area contributed by atoms with Gasteiger partial charge in [0.2, 0.25) is 0 Å². The lowest BCUT2D eigenvalue weighted by Crippen LogP contribution is -2.36. The van der Waals surface area contributed by atoms with Crippen molar-refractivity contribution in [3.05, 3.63) is 18.2 Å². The van der Waals surface area contributed by atoms with Crippen molar-refractivity contribution in [3.63, 3.8) is 0 Å². The summed E-state index contributed by atoms with van der Waals surface area (Å²) < 4.78 is 5.71.